The third-order valence-corrected chi connectivity index (χ3v) is 2.54. The number of rotatable bonds is 2. The summed E-state index contributed by atoms with van der Waals surface area (Å²) in [5.74, 6) is -0.258. The maximum Gasteiger partial charge on any atom is 0.267 e. The molecule has 0 radical (unpaired) electrons. The topological polar surface area (TPSA) is 52.6 Å². The lowest BCUT2D eigenvalue weighted by atomic mass is 10.2. The number of benzene rings is 1. The highest BCUT2D eigenvalue weighted by molar-refractivity contribution is 5.83. The van der Waals surface area contributed by atoms with Crippen LogP contribution in [0.5, 0.6) is 0 Å². The Bertz CT molecular complexity index is 353. The molecule has 1 amide bonds. The van der Waals surface area contributed by atoms with Crippen molar-refractivity contribution >= 4 is 5.91 Å². The number of hydrogen-bond acceptors (Lipinski definition) is 3. The van der Waals surface area contributed by atoms with Crippen LogP contribution in [0.25, 0.3) is 0 Å². The van der Waals surface area contributed by atoms with Gasteiger partial charge < -0.3 is 5.11 Å². The zero-order chi connectivity index (χ0) is 10.8. The normalized spacial score (nSPS) is 26.0. The van der Waals surface area contributed by atoms with E-state index in [0.29, 0.717) is 6.54 Å². The van der Waals surface area contributed by atoms with Gasteiger partial charge in [0, 0.05) is 0 Å². The SMILES string of the molecule is CC1NN(Cc2ccccc2)C(=O)C1O. The number of carbonyl (C=O) groups excluding carboxylic acids is 1. The minimum absolute atomic E-state index is 0.207. The molecule has 1 aliphatic heterocycles. The Morgan fingerprint density at radius 1 is 1.40 bits per heavy atom. The largest absolute Gasteiger partial charge is 0.381 e. The van der Waals surface area contributed by atoms with Crippen LogP contribution in [-0.2, 0) is 11.3 Å². The van der Waals surface area contributed by atoms with Gasteiger partial charge in [-0.2, -0.15) is 0 Å². The van der Waals surface area contributed by atoms with Crippen LogP contribution in [0, 0.1) is 0 Å². The Kier molecular flexibility index (Phi) is 2.70. The minimum atomic E-state index is -0.922. The number of aliphatic hydroxyl groups is 1. The van der Waals surface area contributed by atoms with Crippen molar-refractivity contribution in [3.05, 3.63) is 35.9 Å². The molecule has 2 unspecified atom stereocenters. The molecule has 1 aromatic carbocycles. The molecule has 1 aliphatic rings. The standard InChI is InChI=1S/C11H14N2O2/c1-8-10(14)11(15)13(12-8)7-9-5-3-2-4-6-9/h2-6,8,10,12,14H,7H2,1H3. The van der Waals surface area contributed by atoms with Crippen molar-refractivity contribution in [2.45, 2.75) is 25.6 Å². The molecule has 4 heteroatoms. The Morgan fingerprint density at radius 3 is 2.60 bits per heavy atom. The second-order valence-electron chi connectivity index (χ2n) is 3.77. The first-order chi connectivity index (χ1) is 7.18. The predicted molar refractivity (Wildman–Crippen MR) is 55.6 cm³/mol. The maximum absolute atomic E-state index is 11.5. The molecule has 2 N–H and O–H groups in total. The van der Waals surface area contributed by atoms with E-state index in [1.807, 2.05) is 30.3 Å². The molecule has 1 heterocycles. The van der Waals surface area contributed by atoms with Crippen molar-refractivity contribution in [2.24, 2.45) is 0 Å². The fourth-order valence-corrected chi connectivity index (χ4v) is 1.64. The molecule has 1 fully saturated rings. The molecule has 2 rings (SSSR count). The van der Waals surface area contributed by atoms with E-state index in [1.165, 1.54) is 5.01 Å². The van der Waals surface area contributed by atoms with E-state index in [4.69, 9.17) is 0 Å². The van der Waals surface area contributed by atoms with Crippen molar-refractivity contribution in [1.29, 1.82) is 0 Å². The van der Waals surface area contributed by atoms with Gasteiger partial charge in [0.15, 0.2) is 6.10 Å². The summed E-state index contributed by atoms with van der Waals surface area (Å²) in [6, 6.07) is 9.47. The third kappa shape index (κ3) is 2.00. The fourth-order valence-electron chi connectivity index (χ4n) is 1.64. The second-order valence-corrected chi connectivity index (χ2v) is 3.77. The van der Waals surface area contributed by atoms with Gasteiger partial charge in [-0.25, -0.2) is 5.43 Å². The van der Waals surface area contributed by atoms with Gasteiger partial charge in [-0.15, -0.1) is 0 Å². The molecule has 80 valence electrons. The lowest BCUT2D eigenvalue weighted by Crippen LogP contribution is -2.35. The Morgan fingerprint density at radius 2 is 2.07 bits per heavy atom. The first-order valence-electron chi connectivity index (χ1n) is 4.98. The Hall–Kier alpha value is -1.39. The number of carbonyl (C=O) groups is 1. The summed E-state index contributed by atoms with van der Waals surface area (Å²) in [5, 5.41) is 10.9. The molecule has 1 saturated heterocycles. The van der Waals surface area contributed by atoms with E-state index in [2.05, 4.69) is 5.43 Å². The van der Waals surface area contributed by atoms with Crippen LogP contribution in [0.2, 0.25) is 0 Å². The quantitative estimate of drug-likeness (QED) is 0.731. The first kappa shape index (κ1) is 10.1. The van der Waals surface area contributed by atoms with E-state index in [1.54, 1.807) is 6.92 Å². The van der Waals surface area contributed by atoms with Crippen LogP contribution >= 0.6 is 0 Å². The molecular weight excluding hydrogens is 192 g/mol. The minimum Gasteiger partial charge on any atom is -0.381 e. The predicted octanol–water partition coefficient (Wildman–Crippen LogP) is 0.283. The monoisotopic (exact) mass is 206 g/mol. The number of nitrogens with zero attached hydrogens (tertiary/aromatic N) is 1. The van der Waals surface area contributed by atoms with E-state index in [0.717, 1.165) is 5.56 Å². The molecular formula is C11H14N2O2. The molecule has 15 heavy (non-hydrogen) atoms. The van der Waals surface area contributed by atoms with Crippen LogP contribution in [0.15, 0.2) is 30.3 Å². The summed E-state index contributed by atoms with van der Waals surface area (Å²) in [7, 11) is 0. The number of aliphatic hydroxyl groups excluding tert-OH is 1. The van der Waals surface area contributed by atoms with Gasteiger partial charge in [0.2, 0.25) is 0 Å². The van der Waals surface area contributed by atoms with Crippen LogP contribution in [-0.4, -0.2) is 28.2 Å². The van der Waals surface area contributed by atoms with Crippen molar-refractivity contribution in [1.82, 2.24) is 10.4 Å². The fraction of sp³-hybridized carbons (Fsp3) is 0.364. The van der Waals surface area contributed by atoms with Gasteiger partial charge in [0.1, 0.15) is 0 Å². The summed E-state index contributed by atoms with van der Waals surface area (Å²) < 4.78 is 0. The molecule has 1 aromatic rings. The summed E-state index contributed by atoms with van der Waals surface area (Å²) >= 11 is 0. The van der Waals surface area contributed by atoms with Gasteiger partial charge in [0.25, 0.3) is 5.91 Å². The number of hydrazine groups is 1. The highest BCUT2D eigenvalue weighted by Gasteiger charge is 2.35. The van der Waals surface area contributed by atoms with Crippen molar-refractivity contribution in [3.8, 4) is 0 Å². The van der Waals surface area contributed by atoms with Crippen molar-refractivity contribution in [2.75, 3.05) is 0 Å². The average molecular weight is 206 g/mol. The van der Waals surface area contributed by atoms with E-state index >= 15 is 0 Å². The lowest BCUT2D eigenvalue weighted by molar-refractivity contribution is -0.136. The van der Waals surface area contributed by atoms with Crippen molar-refractivity contribution < 1.29 is 9.90 Å². The maximum atomic E-state index is 11.5. The average Bonchev–Trinajstić information content (AvgIpc) is 2.48. The van der Waals surface area contributed by atoms with Gasteiger partial charge >= 0.3 is 0 Å². The summed E-state index contributed by atoms with van der Waals surface area (Å²) in [6.45, 7) is 2.27. The highest BCUT2D eigenvalue weighted by Crippen LogP contribution is 2.12. The molecule has 0 saturated carbocycles. The van der Waals surface area contributed by atoms with Gasteiger partial charge in [-0.05, 0) is 12.5 Å². The summed E-state index contributed by atoms with van der Waals surface area (Å²) in [6.07, 6.45) is -0.922. The lowest BCUT2D eigenvalue weighted by Gasteiger charge is -2.16. The van der Waals surface area contributed by atoms with E-state index in [-0.39, 0.29) is 11.9 Å². The number of hydrogen-bond donors (Lipinski definition) is 2. The molecule has 0 aliphatic carbocycles. The molecule has 2 atom stereocenters. The number of amides is 1. The zero-order valence-electron chi connectivity index (χ0n) is 8.55. The third-order valence-electron chi connectivity index (χ3n) is 2.54. The second kappa shape index (κ2) is 4.00. The first-order valence-corrected chi connectivity index (χ1v) is 4.98. The Balaban J connectivity index is 2.05. The van der Waals surface area contributed by atoms with Gasteiger partial charge in [-0.1, -0.05) is 30.3 Å². The molecule has 0 bridgehead atoms. The van der Waals surface area contributed by atoms with E-state index < -0.39 is 6.10 Å². The van der Waals surface area contributed by atoms with Gasteiger partial charge in [-0.3, -0.25) is 9.80 Å². The summed E-state index contributed by atoms with van der Waals surface area (Å²) in [5.41, 5.74) is 3.98. The van der Waals surface area contributed by atoms with Crippen molar-refractivity contribution in [3.63, 3.8) is 0 Å². The van der Waals surface area contributed by atoms with Crippen LogP contribution in [0.4, 0.5) is 0 Å². The smallest absolute Gasteiger partial charge is 0.267 e. The molecule has 0 spiro atoms. The van der Waals surface area contributed by atoms with Crippen LogP contribution in [0.3, 0.4) is 0 Å². The van der Waals surface area contributed by atoms with Crippen LogP contribution in [0.1, 0.15) is 12.5 Å². The zero-order valence-corrected chi connectivity index (χ0v) is 8.55. The molecule has 4 nitrogen and oxygen atoms in total. The van der Waals surface area contributed by atoms with Gasteiger partial charge in [0.05, 0.1) is 12.6 Å². The Labute approximate surface area is 88.5 Å². The molecule has 0 aromatic heterocycles. The summed E-state index contributed by atoms with van der Waals surface area (Å²) in [4.78, 5) is 11.5. The van der Waals surface area contributed by atoms with Crippen LogP contribution < -0.4 is 5.43 Å². The number of nitrogens with one attached hydrogen (secondary N) is 1. The van der Waals surface area contributed by atoms with E-state index in [9.17, 15) is 9.90 Å². The highest BCUT2D eigenvalue weighted by atomic mass is 16.3.